The van der Waals surface area contributed by atoms with Crippen molar-refractivity contribution in [2.24, 2.45) is 5.41 Å². The minimum Gasteiger partial charge on any atom is -0.495 e. The second-order valence-corrected chi connectivity index (χ2v) is 18.2. The Labute approximate surface area is 383 Å². The van der Waals surface area contributed by atoms with Crippen molar-refractivity contribution < 1.29 is 42.9 Å². The molecule has 348 valence electrons. The average Bonchev–Trinajstić information content (AvgIpc) is 4.05. The summed E-state index contributed by atoms with van der Waals surface area (Å²) < 4.78 is 28.7. The number of β-amino-alcohol motifs (C(OH)–C–C–N with tert-alkyl or cyclic N) is 1. The Bertz CT molecular complexity index is 2340. The van der Waals surface area contributed by atoms with Crippen LogP contribution in [-0.4, -0.2) is 139 Å². The average molecular weight is 913 g/mol. The van der Waals surface area contributed by atoms with Crippen LogP contribution in [0.25, 0.3) is 21.5 Å². The molecule has 2 saturated heterocycles. The fourth-order valence-corrected chi connectivity index (χ4v) is 8.56. The highest BCUT2D eigenvalue weighted by Gasteiger charge is 2.44. The van der Waals surface area contributed by atoms with Gasteiger partial charge in [0, 0.05) is 64.7 Å². The van der Waals surface area contributed by atoms with Crippen LogP contribution < -0.4 is 25.0 Å². The van der Waals surface area contributed by atoms with E-state index in [2.05, 4.69) is 30.4 Å². The smallest absolute Gasteiger partial charge is 0.298 e. The number of hydrogen-bond acceptors (Lipinski definition) is 15. The van der Waals surface area contributed by atoms with Crippen LogP contribution in [0.4, 0.5) is 6.01 Å². The summed E-state index contributed by atoms with van der Waals surface area (Å²) in [5.41, 5.74) is 6.31. The lowest BCUT2D eigenvalue weighted by molar-refractivity contribution is -0.144. The summed E-state index contributed by atoms with van der Waals surface area (Å²) in [6.07, 6.45) is 0.976. The zero-order valence-corrected chi connectivity index (χ0v) is 38.6. The second kappa shape index (κ2) is 22.0. The van der Waals surface area contributed by atoms with Crippen LogP contribution in [0.15, 0.2) is 70.7 Å². The van der Waals surface area contributed by atoms with E-state index in [1.165, 1.54) is 4.90 Å². The van der Waals surface area contributed by atoms with Gasteiger partial charge in [-0.25, -0.2) is 4.98 Å². The Balaban J connectivity index is 0.767. The standard InChI is InChI=1S/C47H60N8O9S/c1-31-42(65-30-50-31)33-8-6-32(7-9-33)26-49-44(58)39-24-35(56)28-55(39)45(59)43(47(2,3)4)52-41(57)14-20-61-22-23-62-21-19-53-15-17-54(18-16-53)46-51-38-25-36(12-13-40(38)64-46)63-29-34-10-11-37(60-5)27-48-34/h6-13,25,27,30,35,39,43,56H,14-24,26,28-29H2,1-5H3,(H,49,58)(H,52,57)/t35-,39+,43-/m1/s1. The van der Waals surface area contributed by atoms with Crippen molar-refractivity contribution in [3.8, 4) is 21.9 Å². The van der Waals surface area contributed by atoms with E-state index in [1.807, 2.05) is 87.8 Å². The monoisotopic (exact) mass is 912 g/mol. The van der Waals surface area contributed by atoms with E-state index in [4.69, 9.17) is 28.3 Å². The highest BCUT2D eigenvalue weighted by Crippen LogP contribution is 2.30. The summed E-state index contributed by atoms with van der Waals surface area (Å²) in [7, 11) is 1.61. The second-order valence-electron chi connectivity index (χ2n) is 17.4. The van der Waals surface area contributed by atoms with E-state index in [0.29, 0.717) is 49.5 Å². The number of aromatic nitrogens is 3. The van der Waals surface area contributed by atoms with Gasteiger partial charge in [0.2, 0.25) is 17.7 Å². The molecule has 0 saturated carbocycles. The van der Waals surface area contributed by atoms with Crippen LogP contribution in [0.2, 0.25) is 0 Å². The quantitative estimate of drug-likeness (QED) is 0.0918. The minimum atomic E-state index is -0.915. The number of rotatable bonds is 20. The molecule has 0 radical (unpaired) electrons. The summed E-state index contributed by atoms with van der Waals surface area (Å²) in [6.45, 7) is 13.5. The molecule has 3 amide bonds. The number of pyridine rings is 1. The number of fused-ring (bicyclic) bond motifs is 1. The zero-order chi connectivity index (χ0) is 45.9. The third-order valence-electron chi connectivity index (χ3n) is 11.5. The molecule has 0 unspecified atom stereocenters. The lowest BCUT2D eigenvalue weighted by Gasteiger charge is -2.35. The molecule has 3 aromatic heterocycles. The van der Waals surface area contributed by atoms with Gasteiger partial charge in [0.25, 0.3) is 6.01 Å². The molecular formula is C47H60N8O9S. The van der Waals surface area contributed by atoms with Crippen molar-refractivity contribution in [3.63, 3.8) is 0 Å². The normalized spacial score (nSPS) is 17.3. The zero-order valence-electron chi connectivity index (χ0n) is 37.8. The number of methoxy groups -OCH3 is 1. The highest BCUT2D eigenvalue weighted by atomic mass is 32.1. The lowest BCUT2D eigenvalue weighted by Crippen LogP contribution is -2.57. The number of piperazine rings is 1. The van der Waals surface area contributed by atoms with E-state index in [1.54, 1.807) is 24.6 Å². The number of ether oxygens (including phenoxy) is 4. The van der Waals surface area contributed by atoms with Crippen molar-refractivity contribution in [1.29, 1.82) is 0 Å². The Morgan fingerprint density at radius 2 is 1.71 bits per heavy atom. The van der Waals surface area contributed by atoms with E-state index in [0.717, 1.165) is 65.6 Å². The van der Waals surface area contributed by atoms with E-state index in [-0.39, 0.29) is 44.4 Å². The maximum Gasteiger partial charge on any atom is 0.298 e. The fourth-order valence-electron chi connectivity index (χ4n) is 7.75. The molecular weight excluding hydrogens is 853 g/mol. The number of oxazole rings is 1. The van der Waals surface area contributed by atoms with E-state index < -0.39 is 29.5 Å². The SMILES string of the molecule is COc1ccc(COc2ccc3oc(N4CCN(CCOCCOCCC(=O)N[C@H](C(=O)N5C[C@H](O)C[C@H]5C(=O)NCc5ccc(-c6scnc6C)cc5)C(C)(C)C)CC4)nc3c2)nc1. The van der Waals surface area contributed by atoms with Gasteiger partial charge in [-0.1, -0.05) is 45.0 Å². The molecule has 18 heteroatoms. The number of carbonyl (C=O) groups excluding carboxylic acids is 3. The summed E-state index contributed by atoms with van der Waals surface area (Å²) in [5.74, 6) is 0.277. The number of likely N-dealkylation sites (tertiary alicyclic amines) is 1. The molecule has 7 rings (SSSR count). The number of amides is 3. The molecule has 65 heavy (non-hydrogen) atoms. The Morgan fingerprint density at radius 3 is 2.40 bits per heavy atom. The minimum absolute atomic E-state index is 0.00538. The third-order valence-corrected chi connectivity index (χ3v) is 12.5. The predicted octanol–water partition coefficient (Wildman–Crippen LogP) is 4.60. The first-order chi connectivity index (χ1) is 31.3. The van der Waals surface area contributed by atoms with Gasteiger partial charge >= 0.3 is 0 Å². The first-order valence-corrected chi connectivity index (χ1v) is 22.9. The molecule has 0 bridgehead atoms. The summed E-state index contributed by atoms with van der Waals surface area (Å²) in [5, 5.41) is 16.4. The number of benzene rings is 2. The summed E-state index contributed by atoms with van der Waals surface area (Å²) >= 11 is 1.58. The maximum absolute atomic E-state index is 14.0. The first-order valence-electron chi connectivity index (χ1n) is 22.0. The molecule has 2 aliphatic rings. The van der Waals surface area contributed by atoms with Gasteiger partial charge in [0.15, 0.2) is 5.58 Å². The van der Waals surface area contributed by atoms with E-state index >= 15 is 0 Å². The molecule has 5 heterocycles. The molecule has 2 fully saturated rings. The lowest BCUT2D eigenvalue weighted by atomic mass is 9.85. The predicted molar refractivity (Wildman–Crippen MR) is 246 cm³/mol. The van der Waals surface area contributed by atoms with Crippen molar-refractivity contribution in [2.45, 2.75) is 71.9 Å². The van der Waals surface area contributed by atoms with Crippen molar-refractivity contribution in [2.75, 3.05) is 77.7 Å². The molecule has 5 aromatic rings. The number of aryl methyl sites for hydroxylation is 1. The number of nitrogens with one attached hydrogen (secondary N) is 2. The van der Waals surface area contributed by atoms with Gasteiger partial charge in [0.05, 0.1) is 67.6 Å². The van der Waals surface area contributed by atoms with Gasteiger partial charge in [-0.3, -0.25) is 24.3 Å². The third kappa shape index (κ3) is 12.8. The number of hydrogen-bond donors (Lipinski definition) is 3. The van der Waals surface area contributed by atoms with Gasteiger partial charge in [-0.05, 0) is 47.7 Å². The Morgan fingerprint density at radius 1 is 0.954 bits per heavy atom. The van der Waals surface area contributed by atoms with Crippen LogP contribution in [0, 0.1) is 12.3 Å². The highest BCUT2D eigenvalue weighted by molar-refractivity contribution is 7.13. The number of nitrogens with zero attached hydrogens (tertiary/aromatic N) is 6. The van der Waals surface area contributed by atoms with Crippen LogP contribution >= 0.6 is 11.3 Å². The fraction of sp³-hybridized carbons (Fsp3) is 0.489. The number of carbonyl (C=O) groups is 3. The summed E-state index contributed by atoms with van der Waals surface area (Å²) in [6, 6.07) is 16.0. The Kier molecular flexibility index (Phi) is 16.0. The van der Waals surface area contributed by atoms with Crippen molar-refractivity contribution in [1.82, 2.24) is 35.4 Å². The number of anilines is 1. The van der Waals surface area contributed by atoms with Gasteiger partial charge in [0.1, 0.15) is 35.7 Å². The molecule has 3 atom stereocenters. The first kappa shape index (κ1) is 47.3. The largest absolute Gasteiger partial charge is 0.495 e. The van der Waals surface area contributed by atoms with Gasteiger partial charge < -0.3 is 48.9 Å². The number of thiazole rings is 1. The van der Waals surface area contributed by atoms with Crippen LogP contribution in [-0.2, 0) is 37.0 Å². The van der Waals surface area contributed by atoms with Crippen LogP contribution in [0.5, 0.6) is 11.5 Å². The topological polar surface area (TPSA) is 194 Å². The number of aliphatic hydroxyl groups excluding tert-OH is 1. The van der Waals surface area contributed by atoms with Gasteiger partial charge in [-0.15, -0.1) is 11.3 Å². The van der Waals surface area contributed by atoms with E-state index in [9.17, 15) is 19.5 Å². The molecule has 0 spiro atoms. The molecule has 0 aliphatic carbocycles. The van der Waals surface area contributed by atoms with Crippen LogP contribution in [0.1, 0.15) is 50.6 Å². The van der Waals surface area contributed by atoms with Crippen molar-refractivity contribution in [3.05, 3.63) is 83.3 Å². The molecule has 2 aliphatic heterocycles. The number of aliphatic hydroxyl groups is 1. The molecule has 2 aromatic carbocycles. The van der Waals surface area contributed by atoms with Crippen LogP contribution in [0.3, 0.4) is 0 Å². The summed E-state index contributed by atoms with van der Waals surface area (Å²) in [4.78, 5) is 60.8. The molecule has 17 nitrogen and oxygen atoms in total. The Hall–Kier alpha value is -5.66. The molecule has 3 N–H and O–H groups in total. The van der Waals surface area contributed by atoms with Gasteiger partial charge in [-0.2, -0.15) is 4.98 Å². The van der Waals surface area contributed by atoms with Crippen molar-refractivity contribution >= 4 is 46.2 Å². The maximum atomic E-state index is 14.0.